The Balaban J connectivity index is 2.18. The lowest BCUT2D eigenvalue weighted by Crippen LogP contribution is -2.21. The number of rotatable bonds is 8. The number of benzene rings is 2. The van der Waals surface area contributed by atoms with E-state index in [9.17, 15) is 9.59 Å². The maximum Gasteiger partial charge on any atom is 0.357 e. The van der Waals surface area contributed by atoms with Crippen LogP contribution >= 0.6 is 0 Å². The number of hydrogen-bond acceptors (Lipinski definition) is 5. The highest BCUT2D eigenvalue weighted by Gasteiger charge is 2.25. The van der Waals surface area contributed by atoms with Gasteiger partial charge in [-0.3, -0.25) is 0 Å². The van der Waals surface area contributed by atoms with Crippen LogP contribution in [0.3, 0.4) is 0 Å². The standard InChI is InChI=1S/C21H22N2O5/c1-3-27-20(24)19-18(15-9-5-4-6-10-15)22-21(25)23(19)16-11-7-8-12-17(16)28-14-13-26-2/h4-12H,3,13-14H2,1-2H3,(H,22,25). The van der Waals surface area contributed by atoms with Crippen molar-refractivity contribution in [3.8, 4) is 22.7 Å². The van der Waals surface area contributed by atoms with E-state index >= 15 is 0 Å². The summed E-state index contributed by atoms with van der Waals surface area (Å²) < 4.78 is 17.3. The lowest BCUT2D eigenvalue weighted by Gasteiger charge is -2.14. The van der Waals surface area contributed by atoms with Gasteiger partial charge in [-0.2, -0.15) is 0 Å². The summed E-state index contributed by atoms with van der Waals surface area (Å²) in [5.74, 6) is -0.128. The fourth-order valence-electron chi connectivity index (χ4n) is 2.87. The topological polar surface area (TPSA) is 82.6 Å². The van der Waals surface area contributed by atoms with Crippen LogP contribution in [0.25, 0.3) is 16.9 Å². The summed E-state index contributed by atoms with van der Waals surface area (Å²) in [4.78, 5) is 28.4. The molecule has 28 heavy (non-hydrogen) atoms. The van der Waals surface area contributed by atoms with E-state index in [-0.39, 0.29) is 12.3 Å². The SMILES string of the molecule is CCOC(=O)c1c(-c2ccccc2)[nH]c(=O)n1-c1ccccc1OCCOC. The number of aromatic nitrogens is 2. The van der Waals surface area contributed by atoms with Crippen LogP contribution in [0.4, 0.5) is 0 Å². The van der Waals surface area contributed by atoms with Crippen molar-refractivity contribution in [1.29, 1.82) is 0 Å². The smallest absolute Gasteiger partial charge is 0.357 e. The molecule has 0 saturated heterocycles. The summed E-state index contributed by atoms with van der Waals surface area (Å²) in [7, 11) is 1.58. The molecule has 7 heteroatoms. The highest BCUT2D eigenvalue weighted by molar-refractivity contribution is 5.95. The average molecular weight is 382 g/mol. The molecule has 0 bridgehead atoms. The molecule has 1 N–H and O–H groups in total. The van der Waals surface area contributed by atoms with Gasteiger partial charge in [0.2, 0.25) is 0 Å². The number of hydrogen-bond donors (Lipinski definition) is 1. The van der Waals surface area contributed by atoms with E-state index < -0.39 is 11.7 Å². The van der Waals surface area contributed by atoms with Crippen LogP contribution in [-0.2, 0) is 9.47 Å². The first-order valence-corrected chi connectivity index (χ1v) is 8.96. The molecule has 0 aliphatic carbocycles. The summed E-state index contributed by atoms with van der Waals surface area (Å²) in [5.41, 5.74) is 1.23. The number of ether oxygens (including phenoxy) is 3. The fourth-order valence-corrected chi connectivity index (χ4v) is 2.87. The number of esters is 1. The molecule has 0 aliphatic heterocycles. The highest BCUT2D eigenvalue weighted by Crippen LogP contribution is 2.28. The first-order valence-electron chi connectivity index (χ1n) is 8.96. The fraction of sp³-hybridized carbons (Fsp3) is 0.238. The Morgan fingerprint density at radius 1 is 1.04 bits per heavy atom. The van der Waals surface area contributed by atoms with Crippen LogP contribution in [0.15, 0.2) is 59.4 Å². The quantitative estimate of drug-likeness (QED) is 0.478. The second kappa shape index (κ2) is 9.05. The van der Waals surface area contributed by atoms with Crippen LogP contribution < -0.4 is 10.4 Å². The number of methoxy groups -OCH3 is 1. The summed E-state index contributed by atoms with van der Waals surface area (Å²) in [6, 6.07) is 16.2. The number of H-pyrrole nitrogens is 1. The van der Waals surface area contributed by atoms with Gasteiger partial charge in [-0.05, 0) is 19.1 Å². The van der Waals surface area contributed by atoms with Gasteiger partial charge in [0.15, 0.2) is 5.69 Å². The van der Waals surface area contributed by atoms with Crippen molar-refractivity contribution in [3.05, 3.63) is 70.8 Å². The molecule has 0 amide bonds. The van der Waals surface area contributed by atoms with Gasteiger partial charge in [0.05, 0.1) is 24.6 Å². The molecule has 0 atom stereocenters. The summed E-state index contributed by atoms with van der Waals surface area (Å²) >= 11 is 0. The average Bonchev–Trinajstić information content (AvgIpc) is 3.06. The van der Waals surface area contributed by atoms with Crippen molar-refractivity contribution in [2.45, 2.75) is 6.92 Å². The molecule has 0 unspecified atom stereocenters. The van der Waals surface area contributed by atoms with Crippen LogP contribution in [0.5, 0.6) is 5.75 Å². The Morgan fingerprint density at radius 3 is 2.46 bits per heavy atom. The molecular weight excluding hydrogens is 360 g/mol. The van der Waals surface area contributed by atoms with E-state index in [0.29, 0.717) is 35.9 Å². The van der Waals surface area contributed by atoms with E-state index in [1.807, 2.05) is 30.3 Å². The Hall–Kier alpha value is -3.32. The normalized spacial score (nSPS) is 10.6. The number of nitrogens with one attached hydrogen (secondary N) is 1. The Labute approximate surface area is 162 Å². The van der Waals surface area contributed by atoms with E-state index in [4.69, 9.17) is 14.2 Å². The van der Waals surface area contributed by atoms with Gasteiger partial charge in [0, 0.05) is 12.7 Å². The molecule has 3 rings (SSSR count). The van der Waals surface area contributed by atoms with Gasteiger partial charge in [-0.15, -0.1) is 0 Å². The molecule has 0 saturated carbocycles. The minimum atomic E-state index is -0.591. The van der Waals surface area contributed by atoms with E-state index in [0.717, 1.165) is 0 Å². The monoisotopic (exact) mass is 382 g/mol. The number of para-hydroxylation sites is 2. The van der Waals surface area contributed by atoms with Crippen molar-refractivity contribution in [1.82, 2.24) is 9.55 Å². The molecular formula is C21H22N2O5. The maximum atomic E-state index is 12.8. The zero-order chi connectivity index (χ0) is 19.9. The third-order valence-corrected chi connectivity index (χ3v) is 4.08. The summed E-state index contributed by atoms with van der Waals surface area (Å²) in [6.07, 6.45) is 0. The number of imidazole rings is 1. The van der Waals surface area contributed by atoms with Crippen LogP contribution in [-0.4, -0.2) is 42.5 Å². The minimum absolute atomic E-state index is 0.126. The van der Waals surface area contributed by atoms with Crippen molar-refractivity contribution in [3.63, 3.8) is 0 Å². The van der Waals surface area contributed by atoms with Crippen LogP contribution in [0.2, 0.25) is 0 Å². The Morgan fingerprint density at radius 2 is 1.75 bits per heavy atom. The highest BCUT2D eigenvalue weighted by atomic mass is 16.5. The van der Waals surface area contributed by atoms with Gasteiger partial charge < -0.3 is 19.2 Å². The molecule has 0 radical (unpaired) electrons. The molecule has 1 aromatic heterocycles. The van der Waals surface area contributed by atoms with Crippen molar-refractivity contribution >= 4 is 5.97 Å². The van der Waals surface area contributed by atoms with Crippen molar-refractivity contribution < 1.29 is 19.0 Å². The van der Waals surface area contributed by atoms with E-state index in [1.54, 1.807) is 38.3 Å². The first kappa shape index (κ1) is 19.4. The number of nitrogens with zero attached hydrogens (tertiary/aromatic N) is 1. The zero-order valence-electron chi connectivity index (χ0n) is 15.8. The van der Waals surface area contributed by atoms with Crippen molar-refractivity contribution in [2.75, 3.05) is 26.9 Å². The maximum absolute atomic E-state index is 12.8. The van der Waals surface area contributed by atoms with E-state index in [2.05, 4.69) is 4.98 Å². The first-order chi connectivity index (χ1) is 13.7. The number of aromatic amines is 1. The second-order valence-electron chi connectivity index (χ2n) is 5.88. The van der Waals surface area contributed by atoms with Gasteiger partial charge in [-0.1, -0.05) is 42.5 Å². The van der Waals surface area contributed by atoms with E-state index in [1.165, 1.54) is 4.57 Å². The predicted octanol–water partition coefficient (Wildman–Crippen LogP) is 3.03. The molecule has 0 aliphatic rings. The zero-order valence-corrected chi connectivity index (χ0v) is 15.8. The largest absolute Gasteiger partial charge is 0.489 e. The number of carbonyl (C=O) groups is 1. The Kier molecular flexibility index (Phi) is 6.29. The molecule has 7 nitrogen and oxygen atoms in total. The second-order valence-corrected chi connectivity index (χ2v) is 5.88. The predicted molar refractivity (Wildman–Crippen MR) is 105 cm³/mol. The third kappa shape index (κ3) is 3.99. The minimum Gasteiger partial charge on any atom is -0.489 e. The molecule has 146 valence electrons. The van der Waals surface area contributed by atoms with Crippen molar-refractivity contribution in [2.24, 2.45) is 0 Å². The molecule has 2 aromatic carbocycles. The lowest BCUT2D eigenvalue weighted by atomic mass is 10.1. The summed E-state index contributed by atoms with van der Waals surface area (Å²) in [6.45, 7) is 2.62. The summed E-state index contributed by atoms with van der Waals surface area (Å²) in [5, 5.41) is 0. The molecule has 1 heterocycles. The third-order valence-electron chi connectivity index (χ3n) is 4.08. The van der Waals surface area contributed by atoms with Gasteiger partial charge in [0.1, 0.15) is 12.4 Å². The van der Waals surface area contributed by atoms with Gasteiger partial charge in [0.25, 0.3) is 0 Å². The van der Waals surface area contributed by atoms with Crippen LogP contribution in [0.1, 0.15) is 17.4 Å². The Bertz CT molecular complexity index is 992. The number of carbonyl (C=O) groups excluding carboxylic acids is 1. The molecule has 0 fully saturated rings. The molecule has 3 aromatic rings. The molecule has 0 spiro atoms. The van der Waals surface area contributed by atoms with Gasteiger partial charge in [-0.25, -0.2) is 14.2 Å². The van der Waals surface area contributed by atoms with Gasteiger partial charge >= 0.3 is 11.7 Å². The lowest BCUT2D eigenvalue weighted by molar-refractivity contribution is 0.0517. The van der Waals surface area contributed by atoms with Crippen LogP contribution in [0, 0.1) is 0 Å².